The molecule has 0 radical (unpaired) electrons. The number of rotatable bonds is 4. The number of ether oxygens (including phenoxy) is 1. The number of nitrogens with zero attached hydrogens (tertiary/aromatic N) is 2. The van der Waals surface area contributed by atoms with Gasteiger partial charge in [0.1, 0.15) is 5.69 Å². The summed E-state index contributed by atoms with van der Waals surface area (Å²) in [4.78, 5) is 21.8. The van der Waals surface area contributed by atoms with E-state index in [4.69, 9.17) is 4.74 Å². The Balaban J connectivity index is 1.65. The van der Waals surface area contributed by atoms with Gasteiger partial charge in [-0.3, -0.25) is 9.78 Å². The van der Waals surface area contributed by atoms with Crippen LogP contribution in [-0.2, 0) is 11.2 Å². The lowest BCUT2D eigenvalue weighted by Gasteiger charge is -2.28. The number of hydrogen-bond donors (Lipinski definition) is 2. The largest absolute Gasteiger partial charge is 0.391 e. The maximum atomic E-state index is 12.8. The molecule has 6 nitrogen and oxygen atoms in total. The third-order valence-corrected chi connectivity index (χ3v) is 6.18. The maximum Gasteiger partial charge on any atom is 0.270 e. The maximum absolute atomic E-state index is 12.8. The minimum Gasteiger partial charge on any atom is -0.391 e. The molecule has 7 heteroatoms. The molecule has 1 aliphatic heterocycles. The molecule has 146 valence electrons. The second kappa shape index (κ2) is 7.95. The van der Waals surface area contributed by atoms with E-state index in [0.29, 0.717) is 31.7 Å². The Hall–Kier alpha value is -2.35. The summed E-state index contributed by atoms with van der Waals surface area (Å²) in [5, 5.41) is 15.0. The molecule has 0 aromatic carbocycles. The number of carbonyl (C=O) groups is 1. The van der Waals surface area contributed by atoms with Crippen molar-refractivity contribution >= 4 is 27.5 Å². The van der Waals surface area contributed by atoms with E-state index >= 15 is 0 Å². The summed E-state index contributed by atoms with van der Waals surface area (Å²) in [6.45, 7) is 4.79. The molecule has 1 aliphatic rings. The number of aryl methyl sites for hydroxylation is 2. The van der Waals surface area contributed by atoms with Gasteiger partial charge in [-0.15, -0.1) is 11.3 Å². The number of aliphatic hydroxyl groups excluding tert-OH is 1. The fourth-order valence-corrected chi connectivity index (χ4v) is 4.37. The Bertz CT molecular complexity index is 1000. The minimum atomic E-state index is -0.595. The molecular formula is C21H23N3O3S. The van der Waals surface area contributed by atoms with Gasteiger partial charge in [0.2, 0.25) is 0 Å². The zero-order chi connectivity index (χ0) is 19.7. The standard InChI is InChI=1S/C21H23N3O3S/c1-12-11-28-20-15(7-14-4-3-13(2)22-9-14)8-16(23-19(12)20)21(26)24-17-10-27-6-5-18(17)25/h3-4,8-9,11,17-18,25H,5-7,10H2,1-2H3,(H,24,26)/t17-,18-/m1/s1. The van der Waals surface area contributed by atoms with E-state index in [1.165, 1.54) is 0 Å². The second-order valence-electron chi connectivity index (χ2n) is 7.26. The molecule has 3 aromatic rings. The van der Waals surface area contributed by atoms with Crippen LogP contribution in [0.15, 0.2) is 29.8 Å². The lowest BCUT2D eigenvalue weighted by atomic mass is 10.0. The van der Waals surface area contributed by atoms with Crippen LogP contribution in [0.2, 0.25) is 0 Å². The predicted molar refractivity (Wildman–Crippen MR) is 109 cm³/mol. The number of thiophene rings is 1. The molecule has 28 heavy (non-hydrogen) atoms. The average Bonchev–Trinajstić information content (AvgIpc) is 3.07. The zero-order valence-electron chi connectivity index (χ0n) is 15.9. The molecule has 2 N–H and O–H groups in total. The molecule has 1 fully saturated rings. The van der Waals surface area contributed by atoms with Crippen molar-refractivity contribution in [1.29, 1.82) is 0 Å². The van der Waals surface area contributed by atoms with Crippen LogP contribution in [0.5, 0.6) is 0 Å². The molecule has 0 unspecified atom stereocenters. The van der Waals surface area contributed by atoms with Crippen LogP contribution in [0, 0.1) is 13.8 Å². The van der Waals surface area contributed by atoms with Crippen LogP contribution < -0.4 is 5.32 Å². The quantitative estimate of drug-likeness (QED) is 0.707. The predicted octanol–water partition coefficient (Wildman–Crippen LogP) is 2.78. The Morgan fingerprint density at radius 3 is 3.00 bits per heavy atom. The molecule has 0 aliphatic carbocycles. The van der Waals surface area contributed by atoms with Crippen LogP contribution in [0.4, 0.5) is 0 Å². The first-order valence-corrected chi connectivity index (χ1v) is 10.2. The number of aromatic nitrogens is 2. The smallest absolute Gasteiger partial charge is 0.270 e. The highest BCUT2D eigenvalue weighted by molar-refractivity contribution is 7.17. The molecule has 1 amide bonds. The highest BCUT2D eigenvalue weighted by Crippen LogP contribution is 2.29. The van der Waals surface area contributed by atoms with Crippen molar-refractivity contribution in [2.75, 3.05) is 13.2 Å². The molecule has 1 saturated heterocycles. The average molecular weight is 398 g/mol. The number of aliphatic hydroxyl groups is 1. The van der Waals surface area contributed by atoms with Crippen LogP contribution in [0.1, 0.15) is 39.3 Å². The van der Waals surface area contributed by atoms with Crippen molar-refractivity contribution in [1.82, 2.24) is 15.3 Å². The summed E-state index contributed by atoms with van der Waals surface area (Å²) in [6, 6.07) is 5.49. The Labute approximate surface area is 167 Å². The summed E-state index contributed by atoms with van der Waals surface area (Å²) in [6.07, 6.45) is 2.48. The minimum absolute atomic E-state index is 0.287. The third-order valence-electron chi connectivity index (χ3n) is 5.01. The second-order valence-corrected chi connectivity index (χ2v) is 8.14. The van der Waals surface area contributed by atoms with E-state index in [9.17, 15) is 9.90 Å². The molecule has 0 spiro atoms. The number of carbonyl (C=O) groups excluding carboxylic acids is 1. The van der Waals surface area contributed by atoms with Crippen molar-refractivity contribution in [3.63, 3.8) is 0 Å². The van der Waals surface area contributed by atoms with Crippen LogP contribution in [0.25, 0.3) is 10.2 Å². The van der Waals surface area contributed by atoms with Crippen molar-refractivity contribution in [3.8, 4) is 0 Å². The monoisotopic (exact) mass is 397 g/mol. The zero-order valence-corrected chi connectivity index (χ0v) is 16.8. The Morgan fingerprint density at radius 1 is 1.39 bits per heavy atom. The molecule has 0 saturated carbocycles. The topological polar surface area (TPSA) is 84.3 Å². The fourth-order valence-electron chi connectivity index (χ4n) is 3.37. The first kappa shape index (κ1) is 19.0. The third kappa shape index (κ3) is 3.92. The van der Waals surface area contributed by atoms with E-state index in [0.717, 1.165) is 32.6 Å². The lowest BCUT2D eigenvalue weighted by molar-refractivity contribution is -0.0140. The fraction of sp³-hybridized carbons (Fsp3) is 0.381. The van der Waals surface area contributed by atoms with Gasteiger partial charge in [0.25, 0.3) is 5.91 Å². The van der Waals surface area contributed by atoms with E-state index in [2.05, 4.69) is 26.7 Å². The normalized spacial score (nSPS) is 19.7. The summed E-state index contributed by atoms with van der Waals surface area (Å²) >= 11 is 1.64. The van der Waals surface area contributed by atoms with Gasteiger partial charge in [-0.25, -0.2) is 4.98 Å². The van der Waals surface area contributed by atoms with Crippen LogP contribution in [0.3, 0.4) is 0 Å². The molecule has 4 rings (SSSR count). The molecule has 0 bridgehead atoms. The van der Waals surface area contributed by atoms with Gasteiger partial charge in [0, 0.05) is 24.9 Å². The first-order valence-electron chi connectivity index (χ1n) is 9.37. The number of nitrogens with one attached hydrogen (secondary N) is 1. The SMILES string of the molecule is Cc1ccc(Cc2cc(C(=O)N[C@@H]3COCC[C@H]3O)nc3c(C)csc23)cn1. The van der Waals surface area contributed by atoms with Gasteiger partial charge in [0.15, 0.2) is 0 Å². The number of hydrogen-bond acceptors (Lipinski definition) is 6. The van der Waals surface area contributed by atoms with E-state index in [1.807, 2.05) is 32.2 Å². The Morgan fingerprint density at radius 2 is 2.25 bits per heavy atom. The number of fused-ring (bicyclic) bond motifs is 1. The van der Waals surface area contributed by atoms with Crippen molar-refractivity contribution in [3.05, 3.63) is 57.9 Å². The van der Waals surface area contributed by atoms with Crippen LogP contribution in [-0.4, -0.2) is 46.3 Å². The van der Waals surface area contributed by atoms with Crippen molar-refractivity contribution < 1.29 is 14.6 Å². The van der Waals surface area contributed by atoms with Gasteiger partial charge >= 0.3 is 0 Å². The van der Waals surface area contributed by atoms with Crippen molar-refractivity contribution in [2.45, 2.75) is 38.8 Å². The summed E-state index contributed by atoms with van der Waals surface area (Å²) in [7, 11) is 0. The summed E-state index contributed by atoms with van der Waals surface area (Å²) in [5.74, 6) is -0.287. The van der Waals surface area contributed by atoms with Gasteiger partial charge in [0.05, 0.1) is 29.0 Å². The van der Waals surface area contributed by atoms with E-state index in [-0.39, 0.29) is 5.91 Å². The van der Waals surface area contributed by atoms with Gasteiger partial charge in [-0.05, 0) is 54.5 Å². The molecular weight excluding hydrogens is 374 g/mol. The first-order chi connectivity index (χ1) is 13.5. The summed E-state index contributed by atoms with van der Waals surface area (Å²) in [5.41, 5.74) is 5.39. The highest BCUT2D eigenvalue weighted by Gasteiger charge is 2.26. The van der Waals surface area contributed by atoms with Crippen molar-refractivity contribution in [2.24, 2.45) is 0 Å². The Kier molecular flexibility index (Phi) is 5.39. The number of amides is 1. The molecule has 4 heterocycles. The lowest BCUT2D eigenvalue weighted by Crippen LogP contribution is -2.49. The van der Waals surface area contributed by atoms with Crippen LogP contribution >= 0.6 is 11.3 Å². The molecule has 3 aromatic heterocycles. The van der Waals surface area contributed by atoms with E-state index < -0.39 is 12.1 Å². The summed E-state index contributed by atoms with van der Waals surface area (Å²) < 4.78 is 6.47. The van der Waals surface area contributed by atoms with Gasteiger partial charge < -0.3 is 15.2 Å². The molecule has 2 atom stereocenters. The van der Waals surface area contributed by atoms with E-state index in [1.54, 1.807) is 11.3 Å². The highest BCUT2D eigenvalue weighted by atomic mass is 32.1. The van der Waals surface area contributed by atoms with Gasteiger partial charge in [-0.1, -0.05) is 6.07 Å². The number of pyridine rings is 2. The van der Waals surface area contributed by atoms with Gasteiger partial charge in [-0.2, -0.15) is 0 Å².